The van der Waals surface area contributed by atoms with Crippen LogP contribution in [0.2, 0.25) is 0 Å². The fraction of sp³-hybridized carbons (Fsp3) is 0.200. The summed E-state index contributed by atoms with van der Waals surface area (Å²) in [6.07, 6.45) is 0. The highest BCUT2D eigenvalue weighted by Crippen LogP contribution is 2.28. The third-order valence-electron chi connectivity index (χ3n) is 3.28. The summed E-state index contributed by atoms with van der Waals surface area (Å²) in [6, 6.07) is 9.94. The Hall–Kier alpha value is -2.47. The first-order valence-corrected chi connectivity index (χ1v) is 6.48. The summed E-state index contributed by atoms with van der Waals surface area (Å²) < 4.78 is 13.5. The Morgan fingerprint density at radius 2 is 1.95 bits per heavy atom. The number of nitrogens with one attached hydrogen (secondary N) is 1. The van der Waals surface area contributed by atoms with Crippen molar-refractivity contribution in [1.29, 1.82) is 0 Å². The van der Waals surface area contributed by atoms with Gasteiger partial charge in [-0.05, 0) is 29.7 Å². The van der Waals surface area contributed by atoms with Crippen LogP contribution in [0.3, 0.4) is 0 Å². The van der Waals surface area contributed by atoms with E-state index in [4.69, 9.17) is 5.73 Å². The van der Waals surface area contributed by atoms with Crippen molar-refractivity contribution in [2.24, 2.45) is 5.73 Å². The highest BCUT2D eigenvalue weighted by atomic mass is 19.1. The van der Waals surface area contributed by atoms with E-state index in [1.807, 2.05) is 24.3 Å². The Labute approximate surface area is 121 Å². The van der Waals surface area contributed by atoms with Gasteiger partial charge in [0.05, 0.1) is 11.0 Å². The van der Waals surface area contributed by atoms with Crippen LogP contribution in [0.1, 0.15) is 16.7 Å². The van der Waals surface area contributed by atoms with E-state index in [0.29, 0.717) is 24.3 Å². The van der Waals surface area contributed by atoms with Crippen molar-refractivity contribution in [3.05, 3.63) is 69.0 Å². The predicted molar refractivity (Wildman–Crippen MR) is 79.5 cm³/mol. The van der Waals surface area contributed by atoms with Crippen LogP contribution in [0.5, 0.6) is 0 Å². The second-order valence-electron chi connectivity index (χ2n) is 4.70. The van der Waals surface area contributed by atoms with E-state index in [-0.39, 0.29) is 5.69 Å². The average Bonchev–Trinajstić information content (AvgIpc) is 2.48. The van der Waals surface area contributed by atoms with Crippen molar-refractivity contribution in [1.82, 2.24) is 0 Å². The first kappa shape index (κ1) is 14.9. The Balaban J connectivity index is 2.27. The Bertz CT molecular complexity index is 674. The third kappa shape index (κ3) is 3.35. The number of rotatable bonds is 5. The van der Waals surface area contributed by atoms with Gasteiger partial charge in [0, 0.05) is 13.1 Å². The second-order valence-corrected chi connectivity index (χ2v) is 4.70. The molecule has 0 saturated carbocycles. The molecule has 0 aliphatic rings. The summed E-state index contributed by atoms with van der Waals surface area (Å²) in [5.74, 6) is -0.588. The van der Waals surface area contributed by atoms with E-state index in [2.05, 4.69) is 5.32 Å². The van der Waals surface area contributed by atoms with Gasteiger partial charge in [-0.15, -0.1) is 0 Å². The molecule has 0 aliphatic heterocycles. The lowest BCUT2D eigenvalue weighted by Crippen LogP contribution is -2.08. The SMILES string of the molecule is Cc1cc(NCc2ccccc2CN)c([N+](=O)[O-])cc1F. The zero-order valence-corrected chi connectivity index (χ0v) is 11.6. The van der Waals surface area contributed by atoms with Gasteiger partial charge in [0.25, 0.3) is 5.69 Å². The summed E-state index contributed by atoms with van der Waals surface area (Å²) in [5, 5.41) is 14.0. The molecule has 0 bridgehead atoms. The number of halogens is 1. The van der Waals surface area contributed by atoms with Crippen LogP contribution in [0.15, 0.2) is 36.4 Å². The van der Waals surface area contributed by atoms with Gasteiger partial charge in [0.2, 0.25) is 0 Å². The third-order valence-corrected chi connectivity index (χ3v) is 3.28. The number of nitro groups is 1. The normalized spacial score (nSPS) is 10.4. The smallest absolute Gasteiger partial charge is 0.295 e. The molecule has 0 fully saturated rings. The second kappa shape index (κ2) is 6.32. The predicted octanol–water partition coefficient (Wildman–Crippen LogP) is 3.11. The van der Waals surface area contributed by atoms with Crippen molar-refractivity contribution in [2.45, 2.75) is 20.0 Å². The summed E-state index contributed by atoms with van der Waals surface area (Å²) in [4.78, 5) is 10.4. The Kier molecular flexibility index (Phi) is 4.49. The Morgan fingerprint density at radius 3 is 2.57 bits per heavy atom. The number of hydrogen-bond donors (Lipinski definition) is 2. The minimum Gasteiger partial charge on any atom is -0.375 e. The molecule has 0 saturated heterocycles. The molecular formula is C15H16FN3O2. The van der Waals surface area contributed by atoms with E-state index >= 15 is 0 Å². The summed E-state index contributed by atoms with van der Waals surface area (Å²) in [7, 11) is 0. The van der Waals surface area contributed by atoms with Gasteiger partial charge in [-0.3, -0.25) is 10.1 Å². The zero-order chi connectivity index (χ0) is 15.4. The maximum atomic E-state index is 13.5. The molecule has 0 amide bonds. The molecule has 0 radical (unpaired) electrons. The van der Waals surface area contributed by atoms with Crippen LogP contribution in [0.4, 0.5) is 15.8 Å². The van der Waals surface area contributed by atoms with Crippen molar-refractivity contribution in [3.63, 3.8) is 0 Å². The quantitative estimate of drug-likeness (QED) is 0.654. The lowest BCUT2D eigenvalue weighted by molar-refractivity contribution is -0.384. The first-order chi connectivity index (χ1) is 10.0. The van der Waals surface area contributed by atoms with Crippen LogP contribution < -0.4 is 11.1 Å². The van der Waals surface area contributed by atoms with E-state index < -0.39 is 10.7 Å². The summed E-state index contributed by atoms with van der Waals surface area (Å²) in [5.41, 5.74) is 7.95. The molecule has 3 N–H and O–H groups in total. The molecule has 2 aromatic rings. The van der Waals surface area contributed by atoms with Gasteiger partial charge in [0.1, 0.15) is 11.5 Å². The molecule has 0 spiro atoms. The van der Waals surface area contributed by atoms with E-state index in [0.717, 1.165) is 17.2 Å². The van der Waals surface area contributed by atoms with E-state index in [1.54, 1.807) is 6.92 Å². The molecule has 0 atom stereocenters. The Morgan fingerprint density at radius 1 is 1.29 bits per heavy atom. The highest BCUT2D eigenvalue weighted by Gasteiger charge is 2.17. The number of aryl methyl sites for hydroxylation is 1. The molecule has 2 rings (SSSR count). The van der Waals surface area contributed by atoms with E-state index in [9.17, 15) is 14.5 Å². The van der Waals surface area contributed by atoms with Crippen LogP contribution in [0, 0.1) is 22.9 Å². The lowest BCUT2D eigenvalue weighted by Gasteiger charge is -2.11. The summed E-state index contributed by atoms with van der Waals surface area (Å²) >= 11 is 0. The number of nitro benzene ring substituents is 1. The summed E-state index contributed by atoms with van der Waals surface area (Å²) in [6.45, 7) is 2.35. The molecular weight excluding hydrogens is 273 g/mol. The largest absolute Gasteiger partial charge is 0.375 e. The fourth-order valence-electron chi connectivity index (χ4n) is 2.08. The molecule has 110 valence electrons. The number of benzene rings is 2. The maximum absolute atomic E-state index is 13.5. The minimum absolute atomic E-state index is 0.275. The van der Waals surface area contributed by atoms with Gasteiger partial charge in [-0.1, -0.05) is 24.3 Å². The highest BCUT2D eigenvalue weighted by molar-refractivity contribution is 5.63. The van der Waals surface area contributed by atoms with E-state index in [1.165, 1.54) is 6.07 Å². The molecule has 0 aliphatic carbocycles. The fourth-order valence-corrected chi connectivity index (χ4v) is 2.08. The molecule has 5 nitrogen and oxygen atoms in total. The lowest BCUT2D eigenvalue weighted by atomic mass is 10.1. The van der Waals surface area contributed by atoms with Crippen molar-refractivity contribution < 1.29 is 9.31 Å². The van der Waals surface area contributed by atoms with Gasteiger partial charge >= 0.3 is 0 Å². The van der Waals surface area contributed by atoms with Gasteiger partial charge in [0.15, 0.2) is 0 Å². The van der Waals surface area contributed by atoms with Crippen LogP contribution in [0.25, 0.3) is 0 Å². The van der Waals surface area contributed by atoms with Gasteiger partial charge in [-0.2, -0.15) is 0 Å². The number of nitrogens with two attached hydrogens (primary N) is 1. The molecule has 0 unspecified atom stereocenters. The van der Waals surface area contributed by atoms with Crippen LogP contribution in [-0.4, -0.2) is 4.92 Å². The first-order valence-electron chi connectivity index (χ1n) is 6.48. The number of nitrogens with zero attached hydrogens (tertiary/aromatic N) is 1. The topological polar surface area (TPSA) is 81.2 Å². The minimum atomic E-state index is -0.598. The van der Waals surface area contributed by atoms with Crippen molar-refractivity contribution in [2.75, 3.05) is 5.32 Å². The molecule has 6 heteroatoms. The molecule has 0 heterocycles. The molecule has 2 aromatic carbocycles. The van der Waals surface area contributed by atoms with Crippen molar-refractivity contribution in [3.8, 4) is 0 Å². The molecule has 21 heavy (non-hydrogen) atoms. The van der Waals surface area contributed by atoms with Gasteiger partial charge < -0.3 is 11.1 Å². The van der Waals surface area contributed by atoms with Crippen LogP contribution >= 0.6 is 0 Å². The average molecular weight is 289 g/mol. The van der Waals surface area contributed by atoms with Crippen molar-refractivity contribution >= 4 is 11.4 Å². The number of hydrogen-bond acceptors (Lipinski definition) is 4. The monoisotopic (exact) mass is 289 g/mol. The van der Waals surface area contributed by atoms with Crippen LogP contribution in [-0.2, 0) is 13.1 Å². The number of anilines is 1. The zero-order valence-electron chi connectivity index (χ0n) is 11.6. The standard InChI is InChI=1S/C15H16FN3O2/c1-10-6-14(15(19(20)21)7-13(10)16)18-9-12-5-3-2-4-11(12)8-17/h2-7,18H,8-9,17H2,1H3. The maximum Gasteiger partial charge on any atom is 0.295 e. The van der Waals surface area contributed by atoms with Gasteiger partial charge in [-0.25, -0.2) is 4.39 Å². The molecule has 0 aromatic heterocycles.